The van der Waals surface area contributed by atoms with Crippen molar-refractivity contribution in [2.24, 2.45) is 0 Å². The Morgan fingerprint density at radius 3 is 2.33 bits per heavy atom. The molecule has 1 N–H and O–H groups in total. The minimum absolute atomic E-state index is 0.0256. The van der Waals surface area contributed by atoms with E-state index < -0.39 is 19.8 Å². The van der Waals surface area contributed by atoms with Gasteiger partial charge >= 0.3 is 13.8 Å². The first-order chi connectivity index (χ1) is 15.8. The van der Waals surface area contributed by atoms with Gasteiger partial charge in [-0.25, -0.2) is 14.1 Å². The van der Waals surface area contributed by atoms with E-state index in [0.717, 1.165) is 0 Å². The summed E-state index contributed by atoms with van der Waals surface area (Å²) in [5.74, 6) is 0. The summed E-state index contributed by atoms with van der Waals surface area (Å²) in [6.07, 6.45) is -0.685. The molecule has 1 amide bonds. The maximum absolute atomic E-state index is 13.6. The van der Waals surface area contributed by atoms with Gasteiger partial charge in [0, 0.05) is 45.3 Å². The molecule has 0 aromatic rings. The highest BCUT2D eigenvalue weighted by Gasteiger charge is 2.39. The minimum Gasteiger partial charge on any atom is -0.447 e. The molecule has 14 heteroatoms. The molecule has 190 valence electrons. The van der Waals surface area contributed by atoms with E-state index in [2.05, 4.69) is 4.90 Å². The van der Waals surface area contributed by atoms with Gasteiger partial charge in [-0.05, 0) is 21.1 Å². The molecule has 0 bridgehead atoms. The highest BCUT2D eigenvalue weighted by atomic mass is 31.2. The van der Waals surface area contributed by atoms with Crippen molar-refractivity contribution in [1.82, 2.24) is 19.1 Å². The van der Waals surface area contributed by atoms with Gasteiger partial charge in [-0.3, -0.25) is 4.57 Å². The van der Waals surface area contributed by atoms with E-state index in [0.29, 0.717) is 52.5 Å². The number of nitrogens with zero attached hydrogens (tertiary/aromatic N) is 4. The molecule has 0 saturated carbocycles. The van der Waals surface area contributed by atoms with Crippen molar-refractivity contribution in [3.63, 3.8) is 0 Å². The SMILES string of the molecule is [B]C1CN(C)CC(COP(=O)(N(C)C)N2CCN(C(=O)OCCOCCOCCO)CC2)O1. The van der Waals surface area contributed by atoms with E-state index in [4.69, 9.17) is 36.4 Å². The van der Waals surface area contributed by atoms with Crippen molar-refractivity contribution in [2.45, 2.75) is 12.1 Å². The van der Waals surface area contributed by atoms with Gasteiger partial charge in [-0.2, -0.15) is 0 Å². The Morgan fingerprint density at radius 1 is 1.09 bits per heavy atom. The van der Waals surface area contributed by atoms with Crippen LogP contribution in [0.1, 0.15) is 0 Å². The number of aliphatic hydroxyl groups is 1. The highest BCUT2D eigenvalue weighted by Crippen LogP contribution is 2.53. The lowest BCUT2D eigenvalue weighted by Gasteiger charge is -2.41. The molecule has 3 unspecified atom stereocenters. The van der Waals surface area contributed by atoms with Crippen LogP contribution in [0, 0.1) is 0 Å². The number of morpholine rings is 1. The van der Waals surface area contributed by atoms with Gasteiger partial charge in [0.25, 0.3) is 0 Å². The van der Waals surface area contributed by atoms with Gasteiger partial charge in [0.15, 0.2) is 0 Å². The first kappa shape index (κ1) is 28.5. The van der Waals surface area contributed by atoms with E-state index in [1.165, 1.54) is 0 Å². The third-order valence-electron chi connectivity index (χ3n) is 5.24. The van der Waals surface area contributed by atoms with Gasteiger partial charge in [0.2, 0.25) is 0 Å². The summed E-state index contributed by atoms with van der Waals surface area (Å²) in [7, 11) is 8.02. The molecular formula is C19H38BN4O8P. The highest BCUT2D eigenvalue weighted by molar-refractivity contribution is 7.53. The topological polar surface area (TPSA) is 113 Å². The van der Waals surface area contributed by atoms with Gasteiger partial charge in [-0.1, -0.05) is 0 Å². The summed E-state index contributed by atoms with van der Waals surface area (Å²) in [5.41, 5.74) is 0. The fourth-order valence-electron chi connectivity index (χ4n) is 3.58. The number of carbonyl (C=O) groups excluding carboxylic acids is 1. The lowest BCUT2D eigenvalue weighted by Crippen LogP contribution is -2.50. The maximum atomic E-state index is 13.6. The fourth-order valence-corrected chi connectivity index (χ4v) is 5.53. The Balaban J connectivity index is 1.71. The number of amides is 1. The predicted molar refractivity (Wildman–Crippen MR) is 122 cm³/mol. The molecule has 2 aliphatic heterocycles. The van der Waals surface area contributed by atoms with Crippen molar-refractivity contribution < 1.29 is 37.9 Å². The molecule has 2 aliphatic rings. The summed E-state index contributed by atoms with van der Waals surface area (Å²) in [6.45, 7) is 4.40. The lowest BCUT2D eigenvalue weighted by molar-refractivity contribution is -0.0618. The van der Waals surface area contributed by atoms with Crippen LogP contribution in [-0.2, 0) is 28.0 Å². The number of piperazine rings is 1. The predicted octanol–water partition coefficient (Wildman–Crippen LogP) is -0.722. The Kier molecular flexibility index (Phi) is 12.6. The van der Waals surface area contributed by atoms with Crippen molar-refractivity contribution in [2.75, 3.05) is 107 Å². The van der Waals surface area contributed by atoms with E-state index in [9.17, 15) is 9.36 Å². The van der Waals surface area contributed by atoms with E-state index >= 15 is 0 Å². The van der Waals surface area contributed by atoms with Gasteiger partial charge in [0.05, 0.1) is 45.7 Å². The summed E-state index contributed by atoms with van der Waals surface area (Å²) < 4.78 is 44.3. The maximum Gasteiger partial charge on any atom is 0.409 e. The number of likely N-dealkylation sites (N-methyl/N-ethyl adjacent to an activating group) is 1. The van der Waals surface area contributed by atoms with Gasteiger partial charge in [-0.15, -0.1) is 0 Å². The second-order valence-electron chi connectivity index (χ2n) is 8.15. The van der Waals surface area contributed by atoms with Crippen molar-refractivity contribution in [1.29, 1.82) is 0 Å². The molecule has 2 saturated heterocycles. The van der Waals surface area contributed by atoms with Crippen LogP contribution in [0.15, 0.2) is 0 Å². The number of rotatable bonds is 13. The number of carbonyl (C=O) groups is 1. The quantitative estimate of drug-likeness (QED) is 0.200. The van der Waals surface area contributed by atoms with Gasteiger partial charge in [0.1, 0.15) is 14.5 Å². The lowest BCUT2D eigenvalue weighted by atomic mass is 9.98. The van der Waals surface area contributed by atoms with Crippen LogP contribution in [0.25, 0.3) is 0 Å². The van der Waals surface area contributed by atoms with Crippen LogP contribution in [0.5, 0.6) is 0 Å². The van der Waals surface area contributed by atoms with Gasteiger partial charge < -0.3 is 38.4 Å². The second-order valence-corrected chi connectivity index (χ2v) is 10.8. The first-order valence-corrected chi connectivity index (χ1v) is 12.7. The number of aliphatic hydroxyl groups excluding tert-OH is 1. The van der Waals surface area contributed by atoms with Crippen LogP contribution in [0.2, 0.25) is 0 Å². The summed E-state index contributed by atoms with van der Waals surface area (Å²) in [6, 6.07) is -0.393. The second kappa shape index (κ2) is 14.6. The van der Waals surface area contributed by atoms with Crippen LogP contribution in [0.3, 0.4) is 0 Å². The van der Waals surface area contributed by atoms with E-state index in [1.807, 2.05) is 7.05 Å². The molecule has 3 atom stereocenters. The standard InChI is InChI=1S/C19H38BN4O8P/c1-21(2)33(27,31-16-17-14-22(3)15-18(20)32-17)24-6-4-23(5-7-24)19(26)30-13-12-29-11-10-28-9-8-25/h17-18,25H,4-16H2,1-3H3. The van der Waals surface area contributed by atoms with E-state index in [1.54, 1.807) is 28.3 Å². The summed E-state index contributed by atoms with van der Waals surface area (Å²) in [5, 5.41) is 8.61. The third-order valence-corrected chi connectivity index (χ3v) is 7.85. The molecule has 0 aliphatic carbocycles. The van der Waals surface area contributed by atoms with Crippen LogP contribution >= 0.6 is 7.67 Å². The summed E-state index contributed by atoms with van der Waals surface area (Å²) in [4.78, 5) is 15.9. The number of ether oxygens (including phenoxy) is 4. The first-order valence-electron chi connectivity index (χ1n) is 11.2. The molecule has 2 heterocycles. The zero-order valence-electron chi connectivity index (χ0n) is 20.0. The molecule has 0 aromatic carbocycles. The molecule has 2 radical (unpaired) electrons. The molecule has 2 fully saturated rings. The molecule has 33 heavy (non-hydrogen) atoms. The zero-order chi connectivity index (χ0) is 24.3. The zero-order valence-corrected chi connectivity index (χ0v) is 20.9. The monoisotopic (exact) mass is 492 g/mol. The normalized spacial score (nSPS) is 24.7. The van der Waals surface area contributed by atoms with Crippen LogP contribution in [0.4, 0.5) is 4.79 Å². The van der Waals surface area contributed by atoms with Crippen molar-refractivity contribution in [3.05, 3.63) is 0 Å². The molecule has 2 rings (SSSR count). The molecule has 0 spiro atoms. The Bertz CT molecular complexity index is 617. The van der Waals surface area contributed by atoms with Crippen molar-refractivity contribution >= 4 is 21.6 Å². The molecular weight excluding hydrogens is 454 g/mol. The molecule has 0 aromatic heterocycles. The summed E-state index contributed by atoms with van der Waals surface area (Å²) >= 11 is 0. The number of hydrogen-bond donors (Lipinski definition) is 1. The Morgan fingerprint density at radius 2 is 1.73 bits per heavy atom. The fraction of sp³-hybridized carbons (Fsp3) is 0.947. The Hall–Kier alpha value is -0.755. The minimum atomic E-state index is -3.27. The van der Waals surface area contributed by atoms with E-state index in [-0.39, 0.29) is 39.1 Å². The van der Waals surface area contributed by atoms with Crippen molar-refractivity contribution in [3.8, 4) is 0 Å². The Labute approximate surface area is 197 Å². The van der Waals surface area contributed by atoms with Crippen LogP contribution < -0.4 is 0 Å². The molecule has 12 nitrogen and oxygen atoms in total. The average molecular weight is 492 g/mol. The largest absolute Gasteiger partial charge is 0.447 e. The number of hydrogen-bond acceptors (Lipinski definition) is 9. The smallest absolute Gasteiger partial charge is 0.409 e. The average Bonchev–Trinajstić information content (AvgIpc) is 2.78. The van der Waals surface area contributed by atoms with Crippen LogP contribution in [-0.4, -0.2) is 157 Å². The third kappa shape index (κ3) is 9.43.